The average Bonchev–Trinajstić information content (AvgIpc) is 2.99. The zero-order valence-electron chi connectivity index (χ0n) is 8.54. The van der Waals surface area contributed by atoms with Crippen LogP contribution in [0, 0.1) is 5.92 Å². The highest BCUT2D eigenvalue weighted by Gasteiger charge is 2.28. The summed E-state index contributed by atoms with van der Waals surface area (Å²) in [5.41, 5.74) is 6.07. The summed E-state index contributed by atoms with van der Waals surface area (Å²) in [6.45, 7) is 3.88. The molecule has 76 valence electrons. The van der Waals surface area contributed by atoms with Crippen LogP contribution in [0.25, 0.3) is 0 Å². The largest absolute Gasteiger partial charge is 0.327 e. The third-order valence-electron chi connectivity index (χ3n) is 3.45. The Morgan fingerprint density at radius 1 is 1.15 bits per heavy atom. The van der Waals surface area contributed by atoms with E-state index in [2.05, 4.69) is 4.90 Å². The molecule has 0 amide bonds. The monoisotopic (exact) mass is 182 g/mol. The van der Waals surface area contributed by atoms with Crippen LogP contribution >= 0.6 is 0 Å². The maximum absolute atomic E-state index is 6.07. The van der Waals surface area contributed by atoms with E-state index in [9.17, 15) is 0 Å². The Kier molecular flexibility index (Phi) is 3.23. The highest BCUT2D eigenvalue weighted by Crippen LogP contribution is 2.32. The molecule has 0 radical (unpaired) electrons. The Bertz CT molecular complexity index is 148. The topological polar surface area (TPSA) is 29.3 Å². The van der Waals surface area contributed by atoms with Gasteiger partial charge in [-0.3, -0.25) is 0 Å². The zero-order chi connectivity index (χ0) is 9.10. The number of hydrogen-bond donors (Lipinski definition) is 1. The fourth-order valence-electron chi connectivity index (χ4n) is 2.27. The predicted octanol–water partition coefficient (Wildman–Crippen LogP) is 1.60. The molecular weight excluding hydrogens is 160 g/mol. The minimum atomic E-state index is 0.502. The lowest BCUT2D eigenvalue weighted by Gasteiger charge is -2.27. The number of nitrogens with two attached hydrogens (primary N) is 1. The maximum Gasteiger partial charge on any atom is 0.00793 e. The Labute approximate surface area is 81.5 Å². The highest BCUT2D eigenvalue weighted by atomic mass is 15.1. The van der Waals surface area contributed by atoms with Crippen molar-refractivity contribution in [2.45, 2.75) is 44.6 Å². The third-order valence-corrected chi connectivity index (χ3v) is 3.45. The van der Waals surface area contributed by atoms with Crippen LogP contribution in [0.2, 0.25) is 0 Å². The standard InChI is InChI=1S/C11H22N2/c12-11(10-4-5-10)6-9-13-7-2-1-3-8-13/h10-11H,1-9,12H2. The van der Waals surface area contributed by atoms with E-state index in [-0.39, 0.29) is 0 Å². The van der Waals surface area contributed by atoms with Crippen molar-refractivity contribution in [3.8, 4) is 0 Å². The van der Waals surface area contributed by atoms with E-state index in [4.69, 9.17) is 5.73 Å². The van der Waals surface area contributed by atoms with Gasteiger partial charge in [0.25, 0.3) is 0 Å². The molecule has 1 aliphatic carbocycles. The van der Waals surface area contributed by atoms with Crippen LogP contribution in [0.3, 0.4) is 0 Å². The second-order valence-electron chi connectivity index (χ2n) is 4.69. The molecule has 0 spiro atoms. The molecule has 13 heavy (non-hydrogen) atoms. The first-order chi connectivity index (χ1) is 6.36. The Hall–Kier alpha value is -0.0800. The van der Waals surface area contributed by atoms with E-state index in [1.54, 1.807) is 0 Å². The van der Waals surface area contributed by atoms with Crippen molar-refractivity contribution in [1.29, 1.82) is 0 Å². The summed E-state index contributed by atoms with van der Waals surface area (Å²) in [4.78, 5) is 2.59. The minimum absolute atomic E-state index is 0.502. The number of hydrogen-bond acceptors (Lipinski definition) is 2. The molecule has 2 heteroatoms. The molecule has 2 nitrogen and oxygen atoms in total. The summed E-state index contributed by atoms with van der Waals surface area (Å²) >= 11 is 0. The molecule has 2 fully saturated rings. The quantitative estimate of drug-likeness (QED) is 0.715. The van der Waals surface area contributed by atoms with Gasteiger partial charge in [-0.1, -0.05) is 6.42 Å². The van der Waals surface area contributed by atoms with Gasteiger partial charge in [0.1, 0.15) is 0 Å². The molecule has 1 heterocycles. The van der Waals surface area contributed by atoms with E-state index < -0.39 is 0 Å². The zero-order valence-corrected chi connectivity index (χ0v) is 8.54. The van der Waals surface area contributed by atoms with Crippen LogP contribution in [-0.2, 0) is 0 Å². The maximum atomic E-state index is 6.07. The first kappa shape index (κ1) is 9.47. The van der Waals surface area contributed by atoms with Crippen molar-refractivity contribution >= 4 is 0 Å². The molecule has 1 saturated heterocycles. The normalized spacial score (nSPS) is 27.5. The van der Waals surface area contributed by atoms with Crippen molar-refractivity contribution in [2.75, 3.05) is 19.6 Å². The van der Waals surface area contributed by atoms with Gasteiger partial charge in [-0.2, -0.15) is 0 Å². The van der Waals surface area contributed by atoms with Crippen LogP contribution in [0.15, 0.2) is 0 Å². The minimum Gasteiger partial charge on any atom is -0.327 e. The summed E-state index contributed by atoms with van der Waals surface area (Å²) < 4.78 is 0. The van der Waals surface area contributed by atoms with Crippen molar-refractivity contribution in [3.63, 3.8) is 0 Å². The fourth-order valence-corrected chi connectivity index (χ4v) is 2.27. The molecule has 0 aromatic carbocycles. The highest BCUT2D eigenvalue weighted by molar-refractivity contribution is 4.84. The van der Waals surface area contributed by atoms with Gasteiger partial charge >= 0.3 is 0 Å². The van der Waals surface area contributed by atoms with Crippen LogP contribution in [0.5, 0.6) is 0 Å². The van der Waals surface area contributed by atoms with Crippen molar-refractivity contribution in [3.05, 3.63) is 0 Å². The summed E-state index contributed by atoms with van der Waals surface area (Å²) in [5, 5.41) is 0. The lowest BCUT2D eigenvalue weighted by Crippen LogP contribution is -2.34. The first-order valence-corrected chi connectivity index (χ1v) is 5.84. The smallest absolute Gasteiger partial charge is 0.00793 e. The van der Waals surface area contributed by atoms with Gasteiger partial charge in [0.15, 0.2) is 0 Å². The second kappa shape index (κ2) is 4.43. The Morgan fingerprint density at radius 3 is 2.46 bits per heavy atom. The molecule has 1 atom stereocenters. The predicted molar refractivity (Wildman–Crippen MR) is 55.6 cm³/mol. The van der Waals surface area contributed by atoms with Crippen LogP contribution in [-0.4, -0.2) is 30.6 Å². The number of rotatable bonds is 4. The average molecular weight is 182 g/mol. The number of likely N-dealkylation sites (tertiary alicyclic amines) is 1. The summed E-state index contributed by atoms with van der Waals surface area (Å²) in [7, 11) is 0. The van der Waals surface area contributed by atoms with Crippen molar-refractivity contribution < 1.29 is 0 Å². The number of piperidine rings is 1. The van der Waals surface area contributed by atoms with Gasteiger partial charge < -0.3 is 10.6 Å². The molecule has 1 aliphatic heterocycles. The molecule has 1 saturated carbocycles. The van der Waals surface area contributed by atoms with Gasteiger partial charge in [0.2, 0.25) is 0 Å². The summed E-state index contributed by atoms with van der Waals surface area (Å²) in [6.07, 6.45) is 8.25. The van der Waals surface area contributed by atoms with E-state index in [1.165, 1.54) is 58.2 Å². The van der Waals surface area contributed by atoms with E-state index in [0.717, 1.165) is 5.92 Å². The molecular formula is C11H22N2. The molecule has 0 bridgehead atoms. The first-order valence-electron chi connectivity index (χ1n) is 5.84. The molecule has 2 N–H and O–H groups in total. The Morgan fingerprint density at radius 2 is 1.85 bits per heavy atom. The molecule has 0 aromatic heterocycles. The fraction of sp³-hybridized carbons (Fsp3) is 1.00. The van der Waals surface area contributed by atoms with E-state index >= 15 is 0 Å². The van der Waals surface area contributed by atoms with Crippen LogP contribution in [0.4, 0.5) is 0 Å². The van der Waals surface area contributed by atoms with E-state index in [0.29, 0.717) is 6.04 Å². The lowest BCUT2D eigenvalue weighted by molar-refractivity contribution is 0.219. The van der Waals surface area contributed by atoms with Crippen molar-refractivity contribution in [1.82, 2.24) is 4.90 Å². The summed E-state index contributed by atoms with van der Waals surface area (Å²) in [6, 6.07) is 0.502. The van der Waals surface area contributed by atoms with Gasteiger partial charge in [-0.05, 0) is 57.7 Å². The van der Waals surface area contributed by atoms with Gasteiger partial charge in [0, 0.05) is 6.04 Å². The van der Waals surface area contributed by atoms with Gasteiger partial charge in [0.05, 0.1) is 0 Å². The number of nitrogens with zero attached hydrogens (tertiary/aromatic N) is 1. The van der Waals surface area contributed by atoms with Crippen LogP contribution in [0.1, 0.15) is 38.5 Å². The van der Waals surface area contributed by atoms with Gasteiger partial charge in [-0.15, -0.1) is 0 Å². The molecule has 2 rings (SSSR count). The molecule has 2 aliphatic rings. The third kappa shape index (κ3) is 2.96. The SMILES string of the molecule is NC(CCN1CCCCC1)C1CC1. The van der Waals surface area contributed by atoms with Gasteiger partial charge in [-0.25, -0.2) is 0 Å². The second-order valence-corrected chi connectivity index (χ2v) is 4.69. The Balaban J connectivity index is 1.60. The van der Waals surface area contributed by atoms with E-state index in [1.807, 2.05) is 0 Å². The lowest BCUT2D eigenvalue weighted by atomic mass is 10.1. The molecule has 0 aromatic rings. The van der Waals surface area contributed by atoms with Crippen molar-refractivity contribution in [2.24, 2.45) is 11.7 Å². The molecule has 1 unspecified atom stereocenters. The van der Waals surface area contributed by atoms with Crippen LogP contribution < -0.4 is 5.73 Å². The summed E-state index contributed by atoms with van der Waals surface area (Å²) in [5.74, 6) is 0.879.